The Hall–Kier alpha value is -2.23. The first-order chi connectivity index (χ1) is 10.4. The highest BCUT2D eigenvalue weighted by molar-refractivity contribution is 5.83. The number of ether oxygens (including phenoxy) is 1. The van der Waals surface area contributed by atoms with E-state index in [4.69, 9.17) is 10.00 Å². The van der Waals surface area contributed by atoms with Gasteiger partial charge in [0.1, 0.15) is 29.4 Å². The fraction of sp³-hybridized carbons (Fsp3) is 0.533. The van der Waals surface area contributed by atoms with Crippen LogP contribution in [0.5, 0.6) is 5.75 Å². The first-order valence-corrected chi connectivity index (χ1v) is 7.01. The molecule has 22 heavy (non-hydrogen) atoms. The van der Waals surface area contributed by atoms with Gasteiger partial charge in [-0.2, -0.15) is 5.26 Å². The van der Waals surface area contributed by atoms with Gasteiger partial charge in [0.25, 0.3) is 6.43 Å². The maximum Gasteiger partial charge on any atom is 0.252 e. The first-order valence-electron chi connectivity index (χ1n) is 7.01. The van der Waals surface area contributed by atoms with E-state index < -0.39 is 17.7 Å². The van der Waals surface area contributed by atoms with Crippen LogP contribution >= 0.6 is 0 Å². The minimum absolute atomic E-state index is 0.0458. The van der Waals surface area contributed by atoms with E-state index in [1.165, 1.54) is 24.2 Å². The highest BCUT2D eigenvalue weighted by Gasteiger charge is 2.43. The van der Waals surface area contributed by atoms with Crippen molar-refractivity contribution in [2.75, 3.05) is 13.2 Å². The number of rotatable bonds is 3. The second-order valence-electron chi connectivity index (χ2n) is 5.43. The summed E-state index contributed by atoms with van der Waals surface area (Å²) in [7, 11) is 0. The lowest BCUT2D eigenvalue weighted by Gasteiger charge is -2.32. The monoisotopic (exact) mass is 309 g/mol. The van der Waals surface area contributed by atoms with Gasteiger partial charge in [-0.1, -0.05) is 6.92 Å². The molecular weight excluding hydrogens is 292 g/mol. The predicted molar refractivity (Wildman–Crippen MR) is 74.3 cm³/mol. The van der Waals surface area contributed by atoms with Gasteiger partial charge in [0, 0.05) is 18.0 Å². The van der Waals surface area contributed by atoms with Gasteiger partial charge in [-0.15, -0.1) is 0 Å². The number of hydrogen-bond donors (Lipinski definition) is 0. The smallest absolute Gasteiger partial charge is 0.252 e. The van der Waals surface area contributed by atoms with Gasteiger partial charge in [0.15, 0.2) is 0 Å². The van der Waals surface area contributed by atoms with Crippen LogP contribution in [-0.4, -0.2) is 35.4 Å². The van der Waals surface area contributed by atoms with Crippen molar-refractivity contribution >= 4 is 5.91 Å². The van der Waals surface area contributed by atoms with Crippen molar-refractivity contribution in [3.8, 4) is 11.8 Å². The minimum Gasteiger partial charge on any atom is -0.490 e. The molecule has 7 heteroatoms. The standard InChI is InChI=1S/C15H17F2N3O2/c1-3-15(2,13(16)17)14(21)20-4-5-22-12-10(6-18)7-19-8-11(12)9-20/h7-8,13H,3-5,9H2,1-2H3/t15-/m1/s1. The maximum absolute atomic E-state index is 13.3. The molecule has 1 atom stereocenters. The summed E-state index contributed by atoms with van der Waals surface area (Å²) in [4.78, 5) is 17.8. The molecule has 0 bridgehead atoms. The summed E-state index contributed by atoms with van der Waals surface area (Å²) in [6, 6.07) is 1.98. The van der Waals surface area contributed by atoms with E-state index in [0.29, 0.717) is 11.3 Å². The Morgan fingerprint density at radius 1 is 1.59 bits per heavy atom. The summed E-state index contributed by atoms with van der Waals surface area (Å²) in [6.45, 7) is 3.30. The van der Waals surface area contributed by atoms with Gasteiger partial charge in [0.05, 0.1) is 13.1 Å². The molecule has 0 fully saturated rings. The molecule has 2 heterocycles. The van der Waals surface area contributed by atoms with E-state index in [1.54, 1.807) is 6.92 Å². The lowest BCUT2D eigenvalue weighted by Crippen LogP contribution is -2.46. The van der Waals surface area contributed by atoms with Gasteiger partial charge < -0.3 is 9.64 Å². The van der Waals surface area contributed by atoms with Crippen molar-refractivity contribution in [2.45, 2.75) is 33.2 Å². The zero-order chi connectivity index (χ0) is 16.3. The normalized spacial score (nSPS) is 17.0. The molecule has 1 aliphatic heterocycles. The van der Waals surface area contributed by atoms with Gasteiger partial charge in [-0.3, -0.25) is 9.78 Å². The highest BCUT2D eigenvalue weighted by Crippen LogP contribution is 2.34. The quantitative estimate of drug-likeness (QED) is 0.859. The van der Waals surface area contributed by atoms with E-state index >= 15 is 0 Å². The number of amides is 1. The third-order valence-corrected chi connectivity index (χ3v) is 4.05. The van der Waals surface area contributed by atoms with Crippen molar-refractivity contribution in [2.24, 2.45) is 5.41 Å². The van der Waals surface area contributed by atoms with Crippen molar-refractivity contribution in [1.82, 2.24) is 9.88 Å². The Labute approximate surface area is 127 Å². The predicted octanol–water partition coefficient (Wildman–Crippen LogP) is 2.36. The number of pyridine rings is 1. The van der Waals surface area contributed by atoms with E-state index in [0.717, 1.165) is 0 Å². The number of alkyl halides is 2. The average molecular weight is 309 g/mol. The molecule has 1 aromatic heterocycles. The molecular formula is C15H17F2N3O2. The molecule has 1 aliphatic rings. The second-order valence-corrected chi connectivity index (χ2v) is 5.43. The molecule has 0 aliphatic carbocycles. The summed E-state index contributed by atoms with van der Waals surface area (Å²) in [5.41, 5.74) is -0.887. The van der Waals surface area contributed by atoms with Gasteiger partial charge >= 0.3 is 0 Å². The minimum atomic E-state index is -2.74. The van der Waals surface area contributed by atoms with Crippen molar-refractivity contribution in [1.29, 1.82) is 5.26 Å². The molecule has 5 nitrogen and oxygen atoms in total. The molecule has 118 valence electrons. The third kappa shape index (κ3) is 2.73. The fourth-order valence-electron chi connectivity index (χ4n) is 2.33. The van der Waals surface area contributed by atoms with Crippen LogP contribution in [-0.2, 0) is 11.3 Å². The van der Waals surface area contributed by atoms with Crippen molar-refractivity contribution in [3.63, 3.8) is 0 Å². The first kappa shape index (κ1) is 16.1. The zero-order valence-electron chi connectivity index (χ0n) is 12.5. The Bertz CT molecular complexity index is 615. The van der Waals surface area contributed by atoms with Gasteiger partial charge in [0.2, 0.25) is 5.91 Å². The van der Waals surface area contributed by atoms with E-state index in [1.807, 2.05) is 6.07 Å². The molecule has 0 unspecified atom stereocenters. The zero-order valence-corrected chi connectivity index (χ0v) is 12.5. The summed E-state index contributed by atoms with van der Waals surface area (Å²) in [6.07, 6.45) is 0.181. The summed E-state index contributed by atoms with van der Waals surface area (Å²) >= 11 is 0. The van der Waals surface area contributed by atoms with Crippen LogP contribution in [0.1, 0.15) is 31.4 Å². The van der Waals surface area contributed by atoms with Crippen molar-refractivity contribution < 1.29 is 18.3 Å². The summed E-state index contributed by atoms with van der Waals surface area (Å²) < 4.78 is 32.1. The molecule has 0 saturated carbocycles. The molecule has 1 amide bonds. The number of halogens is 2. The summed E-state index contributed by atoms with van der Waals surface area (Å²) in [5, 5.41) is 9.05. The fourth-order valence-corrected chi connectivity index (χ4v) is 2.33. The lowest BCUT2D eigenvalue weighted by atomic mass is 9.86. The number of nitriles is 1. The molecule has 0 spiro atoms. The molecule has 0 radical (unpaired) electrons. The Morgan fingerprint density at radius 2 is 2.32 bits per heavy atom. The van der Waals surface area contributed by atoms with Crippen LogP contribution in [0, 0.1) is 16.7 Å². The molecule has 0 aromatic carbocycles. The van der Waals surface area contributed by atoms with E-state index in [2.05, 4.69) is 4.98 Å². The number of aromatic nitrogens is 1. The van der Waals surface area contributed by atoms with Crippen LogP contribution < -0.4 is 4.74 Å². The maximum atomic E-state index is 13.3. The molecule has 1 aromatic rings. The number of nitrogens with zero attached hydrogens (tertiary/aromatic N) is 3. The van der Waals surface area contributed by atoms with Crippen LogP contribution in [0.2, 0.25) is 0 Å². The van der Waals surface area contributed by atoms with Gasteiger partial charge in [-0.05, 0) is 13.3 Å². The largest absolute Gasteiger partial charge is 0.490 e. The number of fused-ring (bicyclic) bond motifs is 1. The van der Waals surface area contributed by atoms with Crippen LogP contribution in [0.3, 0.4) is 0 Å². The Kier molecular flexibility index (Phi) is 4.59. The highest BCUT2D eigenvalue weighted by atomic mass is 19.3. The topological polar surface area (TPSA) is 66.2 Å². The van der Waals surface area contributed by atoms with Crippen LogP contribution in [0.15, 0.2) is 12.4 Å². The molecule has 0 saturated heterocycles. The molecule has 0 N–H and O–H groups in total. The Morgan fingerprint density at radius 3 is 2.91 bits per heavy atom. The Balaban J connectivity index is 2.32. The average Bonchev–Trinajstić information content (AvgIpc) is 2.74. The SMILES string of the molecule is CC[C@@](C)(C(=O)N1CCOc2c(C#N)cncc2C1)C(F)F. The van der Waals surface area contributed by atoms with Crippen LogP contribution in [0.25, 0.3) is 0 Å². The van der Waals surface area contributed by atoms with E-state index in [9.17, 15) is 13.6 Å². The van der Waals surface area contributed by atoms with Gasteiger partial charge in [-0.25, -0.2) is 8.78 Å². The third-order valence-electron chi connectivity index (χ3n) is 4.05. The lowest BCUT2D eigenvalue weighted by molar-refractivity contribution is -0.151. The number of hydrogen-bond acceptors (Lipinski definition) is 4. The number of carbonyl (C=O) groups is 1. The number of carbonyl (C=O) groups excluding carboxylic acids is 1. The van der Waals surface area contributed by atoms with Crippen LogP contribution in [0.4, 0.5) is 8.78 Å². The summed E-state index contributed by atoms with van der Waals surface area (Å²) in [5.74, 6) is -0.230. The molecule has 2 rings (SSSR count). The second kappa shape index (κ2) is 6.26. The van der Waals surface area contributed by atoms with E-state index in [-0.39, 0.29) is 31.7 Å². The van der Waals surface area contributed by atoms with Crippen molar-refractivity contribution in [3.05, 3.63) is 23.5 Å².